The SMILES string of the molecule is Cn1c(=O)n(CC(=O)Nc2cnn(C(C)(C)C)c2)c2ccccc21. The highest BCUT2D eigenvalue weighted by Crippen LogP contribution is 2.16. The topological polar surface area (TPSA) is 73.8 Å². The summed E-state index contributed by atoms with van der Waals surface area (Å²) in [5.41, 5.74) is 1.79. The van der Waals surface area contributed by atoms with Crippen molar-refractivity contribution in [2.45, 2.75) is 32.9 Å². The molecule has 0 saturated heterocycles. The lowest BCUT2D eigenvalue weighted by Gasteiger charge is -2.18. The summed E-state index contributed by atoms with van der Waals surface area (Å²) in [4.78, 5) is 24.7. The number of fused-ring (bicyclic) bond motifs is 1. The molecule has 0 aliphatic heterocycles. The number of hydrogen-bond acceptors (Lipinski definition) is 3. The van der Waals surface area contributed by atoms with Crippen molar-refractivity contribution in [1.29, 1.82) is 0 Å². The Morgan fingerprint density at radius 3 is 2.50 bits per heavy atom. The van der Waals surface area contributed by atoms with Crippen LogP contribution in [0.3, 0.4) is 0 Å². The molecule has 0 bridgehead atoms. The molecule has 0 atom stereocenters. The molecule has 0 aliphatic rings. The van der Waals surface area contributed by atoms with Crippen molar-refractivity contribution in [3.8, 4) is 0 Å². The van der Waals surface area contributed by atoms with E-state index in [1.807, 2.05) is 45.0 Å². The molecular formula is C17H21N5O2. The van der Waals surface area contributed by atoms with E-state index in [9.17, 15) is 9.59 Å². The van der Waals surface area contributed by atoms with Crippen LogP contribution in [0.1, 0.15) is 20.8 Å². The molecule has 7 heteroatoms. The normalized spacial score (nSPS) is 11.8. The standard InChI is InChI=1S/C17H21N5O2/c1-17(2,3)22-10-12(9-18-22)19-15(23)11-21-14-8-6-5-7-13(14)20(4)16(21)24/h5-10H,11H2,1-4H3,(H,19,23). The van der Waals surface area contributed by atoms with Crippen molar-refractivity contribution in [2.75, 3.05) is 5.32 Å². The number of nitrogens with one attached hydrogen (secondary N) is 1. The van der Waals surface area contributed by atoms with E-state index < -0.39 is 0 Å². The van der Waals surface area contributed by atoms with Crippen molar-refractivity contribution in [3.05, 3.63) is 47.1 Å². The van der Waals surface area contributed by atoms with Gasteiger partial charge in [0.05, 0.1) is 28.5 Å². The second-order valence-corrected chi connectivity index (χ2v) is 6.81. The van der Waals surface area contributed by atoms with Crippen molar-refractivity contribution in [2.24, 2.45) is 7.05 Å². The lowest BCUT2D eigenvalue weighted by atomic mass is 10.1. The molecule has 2 aromatic heterocycles. The summed E-state index contributed by atoms with van der Waals surface area (Å²) in [5, 5.41) is 7.04. The second kappa shape index (κ2) is 5.67. The third-order valence-corrected chi connectivity index (χ3v) is 3.91. The minimum absolute atomic E-state index is 0.0408. The predicted molar refractivity (Wildman–Crippen MR) is 93.0 cm³/mol. The minimum Gasteiger partial charge on any atom is -0.322 e. The number of carbonyl (C=O) groups is 1. The summed E-state index contributed by atoms with van der Waals surface area (Å²) in [5.74, 6) is -0.262. The third kappa shape index (κ3) is 2.84. The molecule has 0 saturated carbocycles. The molecule has 3 aromatic rings. The van der Waals surface area contributed by atoms with E-state index in [1.165, 1.54) is 4.57 Å². The van der Waals surface area contributed by atoms with Crippen molar-refractivity contribution < 1.29 is 4.79 Å². The summed E-state index contributed by atoms with van der Waals surface area (Å²) >= 11 is 0. The van der Waals surface area contributed by atoms with Crippen molar-refractivity contribution >= 4 is 22.6 Å². The average molecular weight is 327 g/mol. The van der Waals surface area contributed by atoms with Crippen LogP contribution in [0.4, 0.5) is 5.69 Å². The first kappa shape index (κ1) is 16.0. The lowest BCUT2D eigenvalue weighted by Crippen LogP contribution is -2.28. The number of benzene rings is 1. The zero-order valence-corrected chi connectivity index (χ0v) is 14.3. The maximum atomic E-state index is 12.3. The van der Waals surface area contributed by atoms with Gasteiger partial charge in [0.1, 0.15) is 6.54 Å². The zero-order chi connectivity index (χ0) is 17.5. The summed E-state index contributed by atoms with van der Waals surface area (Å²) < 4.78 is 4.80. The molecule has 3 rings (SSSR count). The third-order valence-electron chi connectivity index (χ3n) is 3.91. The van der Waals surface area contributed by atoms with Gasteiger partial charge < -0.3 is 5.32 Å². The maximum absolute atomic E-state index is 12.3. The number of nitrogens with zero attached hydrogens (tertiary/aromatic N) is 4. The van der Waals surface area contributed by atoms with E-state index in [0.29, 0.717) is 5.69 Å². The molecule has 1 aromatic carbocycles. The Morgan fingerprint density at radius 1 is 1.21 bits per heavy atom. The van der Waals surface area contributed by atoms with Gasteiger partial charge in [0, 0.05) is 13.2 Å². The van der Waals surface area contributed by atoms with Crippen molar-refractivity contribution in [1.82, 2.24) is 18.9 Å². The Morgan fingerprint density at radius 2 is 1.88 bits per heavy atom. The molecule has 2 heterocycles. The number of para-hydroxylation sites is 2. The maximum Gasteiger partial charge on any atom is 0.329 e. The van der Waals surface area contributed by atoms with E-state index in [0.717, 1.165) is 11.0 Å². The van der Waals surface area contributed by atoms with Gasteiger partial charge in [0.15, 0.2) is 0 Å². The highest BCUT2D eigenvalue weighted by Gasteiger charge is 2.16. The fraction of sp³-hybridized carbons (Fsp3) is 0.353. The Bertz CT molecular complexity index is 955. The van der Waals surface area contributed by atoms with Gasteiger partial charge >= 0.3 is 5.69 Å². The Balaban J connectivity index is 1.82. The van der Waals surface area contributed by atoms with Gasteiger partial charge in [-0.05, 0) is 32.9 Å². The predicted octanol–water partition coefficient (Wildman–Crippen LogP) is 1.93. The van der Waals surface area contributed by atoms with E-state index in [-0.39, 0.29) is 23.7 Å². The number of rotatable bonds is 3. The van der Waals surface area contributed by atoms with Gasteiger partial charge in [0.2, 0.25) is 5.91 Å². The van der Waals surface area contributed by atoms with E-state index in [4.69, 9.17) is 0 Å². The minimum atomic E-state index is -0.262. The van der Waals surface area contributed by atoms with Gasteiger partial charge in [-0.25, -0.2) is 4.79 Å². The number of carbonyl (C=O) groups excluding carboxylic acids is 1. The summed E-state index contributed by atoms with van der Waals surface area (Å²) in [7, 11) is 1.70. The van der Waals surface area contributed by atoms with Crippen LogP contribution in [0.5, 0.6) is 0 Å². The molecule has 1 amide bonds. The first-order chi connectivity index (χ1) is 11.3. The molecule has 0 unspecified atom stereocenters. The summed E-state index contributed by atoms with van der Waals surface area (Å²) in [6, 6.07) is 7.41. The number of imidazole rings is 1. The first-order valence-corrected chi connectivity index (χ1v) is 7.76. The van der Waals surface area contributed by atoms with Gasteiger partial charge in [-0.15, -0.1) is 0 Å². The zero-order valence-electron chi connectivity index (χ0n) is 14.3. The van der Waals surface area contributed by atoms with Crippen LogP contribution < -0.4 is 11.0 Å². The van der Waals surface area contributed by atoms with E-state index in [2.05, 4.69) is 10.4 Å². The van der Waals surface area contributed by atoms with Crippen LogP contribution in [0.2, 0.25) is 0 Å². The molecule has 7 nitrogen and oxygen atoms in total. The number of aromatic nitrogens is 4. The number of aryl methyl sites for hydroxylation is 1. The summed E-state index contributed by atoms with van der Waals surface area (Å²) in [6.45, 7) is 6.05. The summed E-state index contributed by atoms with van der Waals surface area (Å²) in [6.07, 6.45) is 3.39. The molecule has 0 radical (unpaired) electrons. The molecule has 24 heavy (non-hydrogen) atoms. The van der Waals surface area contributed by atoms with Crippen LogP contribution >= 0.6 is 0 Å². The average Bonchev–Trinajstić information content (AvgIpc) is 3.07. The second-order valence-electron chi connectivity index (χ2n) is 6.81. The number of amides is 1. The first-order valence-electron chi connectivity index (χ1n) is 7.76. The molecule has 0 aliphatic carbocycles. The number of anilines is 1. The Labute approximate surface area is 139 Å². The van der Waals surface area contributed by atoms with Crippen LogP contribution in [0.25, 0.3) is 11.0 Å². The molecular weight excluding hydrogens is 306 g/mol. The van der Waals surface area contributed by atoms with Gasteiger partial charge in [-0.3, -0.25) is 18.6 Å². The highest BCUT2D eigenvalue weighted by molar-refractivity contribution is 5.91. The largest absolute Gasteiger partial charge is 0.329 e. The van der Waals surface area contributed by atoms with E-state index >= 15 is 0 Å². The van der Waals surface area contributed by atoms with Gasteiger partial charge in [-0.2, -0.15) is 5.10 Å². The lowest BCUT2D eigenvalue weighted by molar-refractivity contribution is -0.116. The smallest absolute Gasteiger partial charge is 0.322 e. The number of hydrogen-bond donors (Lipinski definition) is 1. The Hall–Kier alpha value is -2.83. The van der Waals surface area contributed by atoms with Crippen molar-refractivity contribution in [3.63, 3.8) is 0 Å². The molecule has 126 valence electrons. The van der Waals surface area contributed by atoms with Crippen LogP contribution in [0.15, 0.2) is 41.5 Å². The molecule has 1 N–H and O–H groups in total. The molecule has 0 spiro atoms. The monoisotopic (exact) mass is 327 g/mol. The van der Waals surface area contributed by atoms with Crippen LogP contribution in [0, 0.1) is 0 Å². The fourth-order valence-electron chi connectivity index (χ4n) is 2.61. The molecule has 0 fully saturated rings. The quantitative estimate of drug-likeness (QED) is 0.799. The van der Waals surface area contributed by atoms with Crippen LogP contribution in [-0.4, -0.2) is 24.8 Å². The fourth-order valence-corrected chi connectivity index (χ4v) is 2.61. The van der Waals surface area contributed by atoms with Crippen LogP contribution in [-0.2, 0) is 23.9 Å². The van der Waals surface area contributed by atoms with Gasteiger partial charge in [0.25, 0.3) is 0 Å². The Kier molecular flexibility index (Phi) is 3.79. The van der Waals surface area contributed by atoms with E-state index in [1.54, 1.807) is 28.7 Å². The van der Waals surface area contributed by atoms with Gasteiger partial charge in [-0.1, -0.05) is 12.1 Å². The highest BCUT2D eigenvalue weighted by atomic mass is 16.2.